The highest BCUT2D eigenvalue weighted by molar-refractivity contribution is 5.94. The molecule has 0 atom stereocenters. The van der Waals surface area contributed by atoms with Gasteiger partial charge >= 0.3 is 0 Å². The molecule has 22 heavy (non-hydrogen) atoms. The van der Waals surface area contributed by atoms with Gasteiger partial charge in [0.15, 0.2) is 0 Å². The molecule has 122 valence electrons. The van der Waals surface area contributed by atoms with Crippen LogP contribution >= 0.6 is 0 Å². The molecule has 1 aromatic rings. The van der Waals surface area contributed by atoms with E-state index >= 15 is 0 Å². The van der Waals surface area contributed by atoms with E-state index in [9.17, 15) is 4.79 Å². The van der Waals surface area contributed by atoms with Crippen LogP contribution in [-0.2, 0) is 0 Å². The Labute approximate surface area is 134 Å². The van der Waals surface area contributed by atoms with Crippen molar-refractivity contribution >= 4 is 11.6 Å². The number of hydrogen-bond acceptors (Lipinski definition) is 3. The number of amides is 1. The smallest absolute Gasteiger partial charge is 0.251 e. The Morgan fingerprint density at radius 3 is 2.05 bits per heavy atom. The predicted molar refractivity (Wildman–Crippen MR) is 92.6 cm³/mol. The zero-order chi connectivity index (χ0) is 16.5. The molecule has 0 radical (unpaired) electrons. The van der Waals surface area contributed by atoms with Gasteiger partial charge in [-0.3, -0.25) is 4.79 Å². The van der Waals surface area contributed by atoms with Crippen LogP contribution in [0.15, 0.2) is 24.3 Å². The van der Waals surface area contributed by atoms with Gasteiger partial charge in [-0.05, 0) is 64.8 Å². The summed E-state index contributed by atoms with van der Waals surface area (Å²) in [6, 6.07) is 7.94. The van der Waals surface area contributed by atoms with Crippen molar-refractivity contribution in [3.8, 4) is 0 Å². The molecule has 0 saturated carbocycles. The monoisotopic (exact) mass is 303 g/mol. The minimum atomic E-state index is 0.0174. The maximum Gasteiger partial charge on any atom is 0.251 e. The Hall–Kier alpha value is -1.55. The molecule has 4 nitrogen and oxygen atoms in total. The van der Waals surface area contributed by atoms with E-state index < -0.39 is 0 Å². The van der Waals surface area contributed by atoms with Gasteiger partial charge in [-0.15, -0.1) is 0 Å². The van der Waals surface area contributed by atoms with Gasteiger partial charge in [-0.2, -0.15) is 0 Å². The van der Waals surface area contributed by atoms with Crippen molar-refractivity contribution in [2.75, 3.05) is 19.0 Å². The summed E-state index contributed by atoms with van der Waals surface area (Å²) in [6.07, 6.45) is 1.88. The third kappa shape index (κ3) is 4.23. The minimum Gasteiger partial charge on any atom is -0.378 e. The molecule has 1 aliphatic rings. The van der Waals surface area contributed by atoms with Crippen molar-refractivity contribution in [1.82, 2.24) is 10.6 Å². The van der Waals surface area contributed by atoms with Crippen molar-refractivity contribution in [3.05, 3.63) is 29.8 Å². The topological polar surface area (TPSA) is 44.4 Å². The first-order valence-corrected chi connectivity index (χ1v) is 7.96. The number of hydrogen-bond donors (Lipinski definition) is 2. The molecule has 1 saturated heterocycles. The highest BCUT2D eigenvalue weighted by atomic mass is 16.1. The second-order valence-electron chi connectivity index (χ2n) is 7.91. The quantitative estimate of drug-likeness (QED) is 0.902. The van der Waals surface area contributed by atoms with E-state index in [4.69, 9.17) is 0 Å². The maximum absolute atomic E-state index is 12.5. The van der Waals surface area contributed by atoms with Crippen molar-refractivity contribution in [2.45, 2.75) is 57.7 Å². The second kappa shape index (κ2) is 5.92. The van der Waals surface area contributed by atoms with E-state index in [-0.39, 0.29) is 23.0 Å². The standard InChI is InChI=1S/C18H29N3O/c1-17(2)11-14(12-18(3,4)20-17)19-16(22)13-7-9-15(10-8-13)21(5)6/h7-10,14,20H,11-12H2,1-6H3,(H,19,22). The number of nitrogens with zero attached hydrogens (tertiary/aromatic N) is 1. The molecule has 0 unspecified atom stereocenters. The van der Waals surface area contributed by atoms with E-state index in [1.807, 2.05) is 43.3 Å². The van der Waals surface area contributed by atoms with Gasteiger partial charge in [-0.25, -0.2) is 0 Å². The van der Waals surface area contributed by atoms with Crippen LogP contribution in [0.5, 0.6) is 0 Å². The minimum absolute atomic E-state index is 0.0174. The van der Waals surface area contributed by atoms with Gasteiger partial charge in [0.25, 0.3) is 5.91 Å². The summed E-state index contributed by atoms with van der Waals surface area (Å²) in [6.45, 7) is 8.77. The number of anilines is 1. The first-order chi connectivity index (χ1) is 10.1. The van der Waals surface area contributed by atoms with Crippen LogP contribution in [0.1, 0.15) is 50.9 Å². The molecule has 2 rings (SSSR count). The van der Waals surface area contributed by atoms with Crippen LogP contribution in [0.4, 0.5) is 5.69 Å². The Kier molecular flexibility index (Phi) is 4.52. The molecule has 1 amide bonds. The Bertz CT molecular complexity index is 516. The highest BCUT2D eigenvalue weighted by Crippen LogP contribution is 2.28. The van der Waals surface area contributed by atoms with Crippen molar-refractivity contribution < 1.29 is 4.79 Å². The Morgan fingerprint density at radius 2 is 1.59 bits per heavy atom. The Balaban J connectivity index is 2.05. The summed E-state index contributed by atoms with van der Waals surface area (Å²) in [5.41, 5.74) is 1.89. The molecule has 2 N–H and O–H groups in total. The van der Waals surface area contributed by atoms with Crippen LogP contribution in [0.25, 0.3) is 0 Å². The maximum atomic E-state index is 12.5. The zero-order valence-corrected chi connectivity index (χ0v) is 14.7. The zero-order valence-electron chi connectivity index (χ0n) is 14.7. The van der Waals surface area contributed by atoms with Gasteiger partial charge in [0.2, 0.25) is 0 Å². The largest absolute Gasteiger partial charge is 0.378 e. The van der Waals surface area contributed by atoms with Crippen LogP contribution in [0, 0.1) is 0 Å². The van der Waals surface area contributed by atoms with Crippen LogP contribution in [0.2, 0.25) is 0 Å². The summed E-state index contributed by atoms with van der Waals surface area (Å²) in [7, 11) is 3.99. The molecule has 1 aliphatic heterocycles. The van der Waals surface area contributed by atoms with Gasteiger partial charge in [0, 0.05) is 42.5 Å². The van der Waals surface area contributed by atoms with Crippen LogP contribution in [-0.4, -0.2) is 37.1 Å². The average Bonchev–Trinajstić information content (AvgIpc) is 2.34. The van der Waals surface area contributed by atoms with Gasteiger partial charge < -0.3 is 15.5 Å². The summed E-state index contributed by atoms with van der Waals surface area (Å²) in [4.78, 5) is 14.5. The molecule has 0 spiro atoms. The van der Waals surface area contributed by atoms with Crippen molar-refractivity contribution in [2.24, 2.45) is 0 Å². The second-order valence-corrected chi connectivity index (χ2v) is 7.91. The van der Waals surface area contributed by atoms with E-state index in [0.29, 0.717) is 0 Å². The molecule has 4 heteroatoms. The number of benzene rings is 1. The van der Waals surface area contributed by atoms with Crippen LogP contribution < -0.4 is 15.5 Å². The summed E-state index contributed by atoms with van der Waals surface area (Å²) in [5.74, 6) is 0.0174. The van der Waals surface area contributed by atoms with E-state index in [1.165, 1.54) is 0 Å². The molecule has 1 fully saturated rings. The number of piperidine rings is 1. The van der Waals surface area contributed by atoms with Crippen LogP contribution in [0.3, 0.4) is 0 Å². The SMILES string of the molecule is CN(C)c1ccc(C(=O)NC2CC(C)(C)NC(C)(C)C2)cc1. The third-order valence-corrected chi connectivity index (χ3v) is 4.17. The van der Waals surface area contributed by atoms with E-state index in [1.54, 1.807) is 0 Å². The average molecular weight is 303 g/mol. The van der Waals surface area contributed by atoms with Gasteiger partial charge in [0.1, 0.15) is 0 Å². The fourth-order valence-corrected chi connectivity index (χ4v) is 3.60. The fraction of sp³-hybridized carbons (Fsp3) is 0.611. The molecule has 0 bridgehead atoms. The van der Waals surface area contributed by atoms with Gasteiger partial charge in [0.05, 0.1) is 0 Å². The number of nitrogens with one attached hydrogen (secondary N) is 2. The lowest BCUT2D eigenvalue weighted by Gasteiger charge is -2.46. The lowest BCUT2D eigenvalue weighted by molar-refractivity contribution is 0.0873. The first-order valence-electron chi connectivity index (χ1n) is 7.96. The molecule has 1 aromatic carbocycles. The number of carbonyl (C=O) groups is 1. The predicted octanol–water partition coefficient (Wildman–Crippen LogP) is 2.79. The van der Waals surface area contributed by atoms with E-state index in [2.05, 4.69) is 38.3 Å². The van der Waals surface area contributed by atoms with E-state index in [0.717, 1.165) is 24.1 Å². The molecule has 0 aliphatic carbocycles. The molecule has 0 aromatic heterocycles. The summed E-state index contributed by atoms with van der Waals surface area (Å²) in [5, 5.41) is 6.84. The highest BCUT2D eigenvalue weighted by Gasteiger charge is 2.38. The molecular formula is C18H29N3O. The summed E-state index contributed by atoms with van der Waals surface area (Å²) >= 11 is 0. The number of rotatable bonds is 3. The fourth-order valence-electron chi connectivity index (χ4n) is 3.60. The molecular weight excluding hydrogens is 274 g/mol. The van der Waals surface area contributed by atoms with Crippen molar-refractivity contribution in [3.63, 3.8) is 0 Å². The lowest BCUT2D eigenvalue weighted by Crippen LogP contribution is -2.62. The summed E-state index contributed by atoms with van der Waals surface area (Å²) < 4.78 is 0. The van der Waals surface area contributed by atoms with Gasteiger partial charge in [-0.1, -0.05) is 0 Å². The first kappa shape index (κ1) is 16.8. The Morgan fingerprint density at radius 1 is 1.09 bits per heavy atom. The normalized spacial score (nSPS) is 20.5. The molecule has 1 heterocycles. The third-order valence-electron chi connectivity index (χ3n) is 4.17. The number of carbonyl (C=O) groups excluding carboxylic acids is 1. The van der Waals surface area contributed by atoms with Crippen molar-refractivity contribution in [1.29, 1.82) is 0 Å². The lowest BCUT2D eigenvalue weighted by atomic mass is 9.79.